The lowest BCUT2D eigenvalue weighted by Crippen LogP contribution is -1.97. The van der Waals surface area contributed by atoms with E-state index >= 15 is 0 Å². The first kappa shape index (κ1) is 37.2. The monoisotopic (exact) mass is 448 g/mol. The highest BCUT2D eigenvalue weighted by Gasteiger charge is 1.97. The van der Waals surface area contributed by atoms with Crippen molar-refractivity contribution in [2.24, 2.45) is 0 Å². The van der Waals surface area contributed by atoms with E-state index in [-0.39, 0.29) is 6.47 Å². The molecule has 0 spiro atoms. The minimum atomic E-state index is -0.250. The van der Waals surface area contributed by atoms with Gasteiger partial charge in [0.1, 0.15) is 0 Å². The Hall–Kier alpha value is -2.13. The van der Waals surface area contributed by atoms with E-state index in [1.807, 2.05) is 48.5 Å². The van der Waals surface area contributed by atoms with Crippen LogP contribution in [-0.4, -0.2) is 24.8 Å². The largest absolute Gasteiger partial charge is 0.483 e. The minimum absolute atomic E-state index is 0.250. The number of benzene rings is 2. The third-order valence-electron chi connectivity index (χ3n) is 3.42. The molecule has 0 saturated heterocycles. The third-order valence-corrected chi connectivity index (χ3v) is 3.42. The highest BCUT2D eigenvalue weighted by Crippen LogP contribution is 2.17. The van der Waals surface area contributed by atoms with Crippen molar-refractivity contribution in [3.63, 3.8) is 0 Å². The molecule has 0 radical (unpaired) electrons. The molecule has 2 rings (SSSR count). The quantitative estimate of drug-likeness (QED) is 0.248. The molecule has 0 saturated carbocycles. The van der Waals surface area contributed by atoms with Gasteiger partial charge in [0.05, 0.1) is 6.61 Å². The number of fused-ring (bicyclic) bond motifs is 1. The normalized spacial score (nSPS) is 8.28. The second-order valence-electron chi connectivity index (χ2n) is 6.31. The van der Waals surface area contributed by atoms with E-state index in [0.717, 1.165) is 25.0 Å². The Morgan fingerprint density at radius 3 is 1.91 bits per heavy atom. The third kappa shape index (κ3) is 25.9. The molecule has 0 fully saturated rings. The van der Waals surface area contributed by atoms with Crippen molar-refractivity contribution in [3.8, 4) is 0 Å². The summed E-state index contributed by atoms with van der Waals surface area (Å²) >= 11 is 0. The van der Waals surface area contributed by atoms with Gasteiger partial charge in [-0.15, -0.1) is 0 Å². The number of carbonyl (C=O) groups is 1. The molecule has 0 unspecified atom stereocenters. The van der Waals surface area contributed by atoms with Crippen LogP contribution in [-0.2, 0) is 16.0 Å². The molecule has 1 N–H and O–H groups in total. The number of ether oxygens (including phenoxy) is 1. The Balaban J connectivity index is -0.000000278. The molecule has 2 aromatic rings. The van der Waals surface area contributed by atoms with Gasteiger partial charge >= 0.3 is 0 Å². The van der Waals surface area contributed by atoms with Gasteiger partial charge in [0.2, 0.25) is 0 Å². The second kappa shape index (κ2) is 33.5. The highest BCUT2D eigenvalue weighted by atomic mass is 16.5. The van der Waals surface area contributed by atoms with Gasteiger partial charge in [0, 0.05) is 6.61 Å². The molecule has 0 aliphatic carbocycles. The van der Waals surface area contributed by atoms with E-state index < -0.39 is 0 Å². The SMILES string of the molecule is C=C(C)COCCCCCc1ccc2ccccc2c1.CC.CC.CC.CCC.O=CO. The number of aryl methyl sites for hydroxylation is 1. The molecule has 32 heavy (non-hydrogen) atoms. The summed E-state index contributed by atoms with van der Waals surface area (Å²) in [7, 11) is 0. The van der Waals surface area contributed by atoms with Crippen LogP contribution in [0.4, 0.5) is 0 Å². The molecule has 2 aromatic carbocycles. The van der Waals surface area contributed by atoms with Gasteiger partial charge < -0.3 is 9.84 Å². The van der Waals surface area contributed by atoms with Gasteiger partial charge in [-0.3, -0.25) is 4.79 Å². The highest BCUT2D eigenvalue weighted by molar-refractivity contribution is 5.82. The molecule has 3 heteroatoms. The van der Waals surface area contributed by atoms with Crippen LogP contribution in [0.5, 0.6) is 0 Å². The van der Waals surface area contributed by atoms with E-state index in [1.165, 1.54) is 35.6 Å². The summed E-state index contributed by atoms with van der Waals surface area (Å²) < 4.78 is 5.51. The van der Waals surface area contributed by atoms with Crippen molar-refractivity contribution < 1.29 is 14.6 Å². The van der Waals surface area contributed by atoms with Gasteiger partial charge in [-0.1, -0.05) is 123 Å². The average Bonchev–Trinajstić information content (AvgIpc) is 2.83. The Morgan fingerprint density at radius 1 is 0.906 bits per heavy atom. The van der Waals surface area contributed by atoms with E-state index in [4.69, 9.17) is 14.6 Å². The van der Waals surface area contributed by atoms with Gasteiger partial charge in [-0.05, 0) is 42.5 Å². The van der Waals surface area contributed by atoms with Crippen molar-refractivity contribution in [3.05, 3.63) is 60.2 Å². The summed E-state index contributed by atoms with van der Waals surface area (Å²) in [6.07, 6.45) is 6.00. The topological polar surface area (TPSA) is 46.5 Å². The van der Waals surface area contributed by atoms with E-state index in [9.17, 15) is 0 Å². The summed E-state index contributed by atoms with van der Waals surface area (Å²) in [5.41, 5.74) is 2.53. The average molecular weight is 449 g/mol. The van der Waals surface area contributed by atoms with Crippen molar-refractivity contribution in [2.45, 2.75) is 94.4 Å². The first-order chi connectivity index (χ1) is 15.6. The molecular formula is C29H52O3. The molecule has 0 heterocycles. The van der Waals surface area contributed by atoms with Gasteiger partial charge in [-0.2, -0.15) is 0 Å². The molecular weight excluding hydrogens is 396 g/mol. The Bertz CT molecular complexity index is 621. The smallest absolute Gasteiger partial charge is 0.290 e. The van der Waals surface area contributed by atoms with E-state index in [2.05, 4.69) is 62.9 Å². The number of rotatable bonds is 8. The number of hydrogen-bond acceptors (Lipinski definition) is 2. The van der Waals surface area contributed by atoms with Crippen LogP contribution >= 0.6 is 0 Å². The lowest BCUT2D eigenvalue weighted by Gasteiger charge is -2.05. The molecule has 3 nitrogen and oxygen atoms in total. The van der Waals surface area contributed by atoms with Crippen molar-refractivity contribution in [1.29, 1.82) is 0 Å². The maximum absolute atomic E-state index is 8.36. The van der Waals surface area contributed by atoms with E-state index in [0.29, 0.717) is 6.61 Å². The summed E-state index contributed by atoms with van der Waals surface area (Å²) in [6, 6.07) is 15.3. The van der Waals surface area contributed by atoms with Crippen LogP contribution < -0.4 is 0 Å². The fourth-order valence-electron chi connectivity index (χ4n) is 2.35. The molecule has 0 aliphatic rings. The van der Waals surface area contributed by atoms with Crippen molar-refractivity contribution in [1.82, 2.24) is 0 Å². The minimum Gasteiger partial charge on any atom is -0.483 e. The fourth-order valence-corrected chi connectivity index (χ4v) is 2.35. The van der Waals surface area contributed by atoms with E-state index in [1.54, 1.807) is 0 Å². The predicted molar refractivity (Wildman–Crippen MR) is 146 cm³/mol. The van der Waals surface area contributed by atoms with Crippen molar-refractivity contribution in [2.75, 3.05) is 13.2 Å². The summed E-state index contributed by atoms with van der Waals surface area (Å²) in [4.78, 5) is 8.36. The van der Waals surface area contributed by atoms with Crippen LogP contribution in [0.25, 0.3) is 10.8 Å². The molecule has 186 valence electrons. The predicted octanol–water partition coefficient (Wildman–Crippen LogP) is 9.34. The Kier molecular flexibility index (Phi) is 39.0. The zero-order valence-corrected chi connectivity index (χ0v) is 22.5. The molecule has 0 amide bonds. The molecule has 0 aliphatic heterocycles. The van der Waals surface area contributed by atoms with Crippen LogP contribution in [0.1, 0.15) is 93.6 Å². The maximum Gasteiger partial charge on any atom is 0.290 e. The first-order valence-corrected chi connectivity index (χ1v) is 12.4. The van der Waals surface area contributed by atoms with Crippen LogP contribution in [0, 0.1) is 0 Å². The maximum atomic E-state index is 8.36. The summed E-state index contributed by atoms with van der Waals surface area (Å²) in [5.74, 6) is 0. The molecule has 0 aromatic heterocycles. The van der Waals surface area contributed by atoms with Crippen LogP contribution in [0.3, 0.4) is 0 Å². The zero-order chi connectivity index (χ0) is 25.6. The lowest BCUT2D eigenvalue weighted by molar-refractivity contribution is -0.122. The second-order valence-corrected chi connectivity index (χ2v) is 6.31. The Morgan fingerprint density at radius 2 is 1.41 bits per heavy atom. The van der Waals surface area contributed by atoms with Crippen LogP contribution in [0.2, 0.25) is 0 Å². The number of carboxylic acid groups (broad SMARTS) is 1. The molecule has 0 atom stereocenters. The summed E-state index contributed by atoms with van der Waals surface area (Å²) in [6.45, 7) is 23.4. The van der Waals surface area contributed by atoms with Gasteiger partial charge in [0.15, 0.2) is 0 Å². The number of unbranched alkanes of at least 4 members (excludes halogenated alkanes) is 2. The fraction of sp³-hybridized carbons (Fsp3) is 0.552. The summed E-state index contributed by atoms with van der Waals surface area (Å²) in [5, 5.41) is 9.55. The number of hydrogen-bond donors (Lipinski definition) is 1. The molecule has 0 bridgehead atoms. The first-order valence-electron chi connectivity index (χ1n) is 12.4. The lowest BCUT2D eigenvalue weighted by atomic mass is 10.0. The zero-order valence-electron chi connectivity index (χ0n) is 22.5. The van der Waals surface area contributed by atoms with Gasteiger partial charge in [-0.25, -0.2) is 0 Å². The Labute approximate surface area is 199 Å². The van der Waals surface area contributed by atoms with Crippen molar-refractivity contribution >= 4 is 17.2 Å². The van der Waals surface area contributed by atoms with Gasteiger partial charge in [0.25, 0.3) is 6.47 Å². The van der Waals surface area contributed by atoms with Crippen LogP contribution in [0.15, 0.2) is 54.6 Å². The standard InChI is InChI=1S/C19H24O.C3H8.3C2H6.CH2O2/c1-16(2)15-20-13-7-3-4-8-17-11-12-18-9-5-6-10-19(18)14-17;1-3-2;3*1-2;2-1-3/h5-6,9-12,14H,1,3-4,7-8,13,15H2,2H3;3H2,1-2H3;3*1-2H3;1H,(H,2,3).